The van der Waals surface area contributed by atoms with Crippen LogP contribution in [0.5, 0.6) is 11.5 Å². The van der Waals surface area contributed by atoms with Gasteiger partial charge in [0.15, 0.2) is 11.5 Å². The third kappa shape index (κ3) is 6.81. The van der Waals surface area contributed by atoms with E-state index in [1.807, 2.05) is 45.1 Å². The van der Waals surface area contributed by atoms with E-state index in [-0.39, 0.29) is 5.97 Å². The molecule has 0 saturated heterocycles. The number of ether oxygens (including phenoxy) is 3. The first kappa shape index (κ1) is 22.3. The molecule has 0 bridgehead atoms. The van der Waals surface area contributed by atoms with E-state index in [1.165, 1.54) is 6.08 Å². The third-order valence-corrected chi connectivity index (χ3v) is 4.03. The Morgan fingerprint density at radius 3 is 2.37 bits per heavy atom. The van der Waals surface area contributed by atoms with E-state index in [2.05, 4.69) is 19.1 Å². The molecule has 1 aromatic carbocycles. The highest BCUT2D eigenvalue weighted by atomic mass is 16.5. The molecule has 1 aromatic rings. The Hall–Kier alpha value is -2.75. The summed E-state index contributed by atoms with van der Waals surface area (Å²) >= 11 is 0. The van der Waals surface area contributed by atoms with E-state index in [4.69, 9.17) is 14.2 Å². The highest BCUT2D eigenvalue weighted by molar-refractivity contribution is 5.83. The molecule has 0 aromatic heterocycles. The molecule has 0 atom stereocenters. The number of esters is 1. The highest BCUT2D eigenvalue weighted by Crippen LogP contribution is 2.35. The Kier molecular flexibility index (Phi) is 9.14. The molecule has 0 saturated carbocycles. The van der Waals surface area contributed by atoms with Gasteiger partial charge in [0.1, 0.15) is 0 Å². The van der Waals surface area contributed by atoms with Crippen LogP contribution in [0.25, 0.3) is 6.08 Å². The van der Waals surface area contributed by atoms with Crippen LogP contribution in [0.3, 0.4) is 0 Å². The summed E-state index contributed by atoms with van der Waals surface area (Å²) in [6.45, 7) is 10.1. The molecule has 146 valence electrons. The quantitative estimate of drug-likeness (QED) is 0.352. The minimum absolute atomic E-state index is 0.320. The Bertz CT molecular complexity index is 780. The largest absolute Gasteiger partial charge is 0.493 e. The van der Waals surface area contributed by atoms with Crippen LogP contribution >= 0.6 is 0 Å². The topological polar surface area (TPSA) is 44.8 Å². The summed E-state index contributed by atoms with van der Waals surface area (Å²) in [6.07, 6.45) is 11.4. The summed E-state index contributed by atoms with van der Waals surface area (Å²) in [5, 5.41) is 0. The van der Waals surface area contributed by atoms with Crippen molar-refractivity contribution in [1.29, 1.82) is 0 Å². The van der Waals surface area contributed by atoms with Crippen LogP contribution in [-0.2, 0) is 9.53 Å². The van der Waals surface area contributed by atoms with E-state index in [1.54, 1.807) is 21.1 Å². The first-order valence-electron chi connectivity index (χ1n) is 8.94. The van der Waals surface area contributed by atoms with Gasteiger partial charge in [0, 0.05) is 11.6 Å². The minimum Gasteiger partial charge on any atom is -0.493 e. The predicted octanol–water partition coefficient (Wildman–Crippen LogP) is 5.35. The SMILES string of the molecule is CCOC(=O)/C=C(C)/C=C/C=C(C)/C=C/c1c(C)cc(OC)c(OC)c1C. The molecule has 0 spiro atoms. The minimum atomic E-state index is -0.320. The number of carbonyl (C=O) groups is 1. The zero-order valence-electron chi connectivity index (χ0n) is 17.4. The molecular weight excluding hydrogens is 340 g/mol. The van der Waals surface area contributed by atoms with Crippen molar-refractivity contribution >= 4 is 12.0 Å². The summed E-state index contributed by atoms with van der Waals surface area (Å²) in [7, 11) is 3.29. The van der Waals surface area contributed by atoms with Gasteiger partial charge >= 0.3 is 5.97 Å². The van der Waals surface area contributed by atoms with Crippen LogP contribution in [0.1, 0.15) is 37.5 Å². The van der Waals surface area contributed by atoms with Crippen molar-refractivity contribution in [2.24, 2.45) is 0 Å². The van der Waals surface area contributed by atoms with Gasteiger partial charge in [-0.15, -0.1) is 0 Å². The fourth-order valence-electron chi connectivity index (χ4n) is 2.64. The van der Waals surface area contributed by atoms with Gasteiger partial charge in [-0.3, -0.25) is 0 Å². The number of rotatable bonds is 8. The van der Waals surface area contributed by atoms with E-state index in [9.17, 15) is 4.79 Å². The number of carbonyl (C=O) groups excluding carboxylic acids is 1. The Balaban J connectivity index is 2.95. The maximum atomic E-state index is 11.4. The van der Waals surface area contributed by atoms with Crippen LogP contribution in [0.2, 0.25) is 0 Å². The van der Waals surface area contributed by atoms with Crippen LogP contribution in [0, 0.1) is 13.8 Å². The van der Waals surface area contributed by atoms with Crippen LogP contribution in [-0.4, -0.2) is 26.8 Å². The van der Waals surface area contributed by atoms with E-state index >= 15 is 0 Å². The number of hydrogen-bond acceptors (Lipinski definition) is 4. The van der Waals surface area contributed by atoms with E-state index in [0.29, 0.717) is 6.61 Å². The fourth-order valence-corrected chi connectivity index (χ4v) is 2.64. The molecule has 1 rings (SSSR count). The molecule has 0 aliphatic rings. The van der Waals surface area contributed by atoms with Crippen molar-refractivity contribution in [3.8, 4) is 11.5 Å². The molecule has 0 radical (unpaired) electrons. The van der Waals surface area contributed by atoms with Crippen molar-refractivity contribution < 1.29 is 19.0 Å². The molecule has 0 aliphatic carbocycles. The standard InChI is InChI=1S/C23H30O4/c1-8-27-22(24)14-17(3)11-9-10-16(2)12-13-20-18(4)15-21(25-6)23(26-7)19(20)5/h9-15H,8H2,1-7H3/b11-9+,13-12+,16-10+,17-14+. The summed E-state index contributed by atoms with van der Waals surface area (Å²) in [6, 6.07) is 1.98. The number of methoxy groups -OCH3 is 2. The molecule has 0 N–H and O–H groups in total. The molecular formula is C23H30O4. The van der Waals surface area contributed by atoms with E-state index in [0.717, 1.165) is 39.3 Å². The molecule has 0 fully saturated rings. The Morgan fingerprint density at radius 2 is 1.78 bits per heavy atom. The van der Waals surface area contributed by atoms with Crippen LogP contribution in [0.15, 0.2) is 47.6 Å². The fraction of sp³-hybridized carbons (Fsp3) is 0.348. The average Bonchev–Trinajstić information content (AvgIpc) is 2.61. The number of allylic oxidation sites excluding steroid dienone is 6. The van der Waals surface area contributed by atoms with Gasteiger partial charge in [0.05, 0.1) is 20.8 Å². The second kappa shape index (κ2) is 11.1. The van der Waals surface area contributed by atoms with Gasteiger partial charge in [-0.1, -0.05) is 36.0 Å². The van der Waals surface area contributed by atoms with Crippen molar-refractivity contribution in [1.82, 2.24) is 0 Å². The number of hydrogen-bond donors (Lipinski definition) is 0. The number of benzene rings is 1. The summed E-state index contributed by atoms with van der Waals surface area (Å²) in [4.78, 5) is 11.4. The molecule has 0 unspecified atom stereocenters. The molecule has 0 heterocycles. The maximum Gasteiger partial charge on any atom is 0.330 e. The lowest BCUT2D eigenvalue weighted by Gasteiger charge is -2.15. The van der Waals surface area contributed by atoms with Gasteiger partial charge < -0.3 is 14.2 Å². The Morgan fingerprint density at radius 1 is 1.07 bits per heavy atom. The first-order chi connectivity index (χ1) is 12.8. The third-order valence-electron chi connectivity index (χ3n) is 4.03. The van der Waals surface area contributed by atoms with Crippen LogP contribution < -0.4 is 9.47 Å². The normalized spacial score (nSPS) is 12.7. The second-order valence-electron chi connectivity index (χ2n) is 6.21. The van der Waals surface area contributed by atoms with Gasteiger partial charge in [-0.25, -0.2) is 4.79 Å². The zero-order valence-corrected chi connectivity index (χ0v) is 17.4. The van der Waals surface area contributed by atoms with Gasteiger partial charge in [0.2, 0.25) is 0 Å². The van der Waals surface area contributed by atoms with Crippen molar-refractivity contribution in [2.45, 2.75) is 34.6 Å². The van der Waals surface area contributed by atoms with Gasteiger partial charge in [-0.2, -0.15) is 0 Å². The summed E-state index contributed by atoms with van der Waals surface area (Å²) in [5.41, 5.74) is 5.21. The molecule has 0 aliphatic heterocycles. The highest BCUT2D eigenvalue weighted by Gasteiger charge is 2.12. The predicted molar refractivity (Wildman–Crippen MR) is 111 cm³/mol. The molecule has 27 heavy (non-hydrogen) atoms. The monoisotopic (exact) mass is 370 g/mol. The molecule has 4 heteroatoms. The Labute approximate surface area is 162 Å². The van der Waals surface area contributed by atoms with Crippen LogP contribution in [0.4, 0.5) is 0 Å². The van der Waals surface area contributed by atoms with E-state index < -0.39 is 0 Å². The lowest BCUT2D eigenvalue weighted by Crippen LogP contribution is -1.99. The molecule has 0 amide bonds. The smallest absolute Gasteiger partial charge is 0.330 e. The average molecular weight is 370 g/mol. The lowest BCUT2D eigenvalue weighted by atomic mass is 10.00. The van der Waals surface area contributed by atoms with Crippen molar-refractivity contribution in [3.63, 3.8) is 0 Å². The summed E-state index contributed by atoms with van der Waals surface area (Å²) in [5.74, 6) is 1.17. The van der Waals surface area contributed by atoms with Crippen molar-refractivity contribution in [2.75, 3.05) is 20.8 Å². The van der Waals surface area contributed by atoms with Gasteiger partial charge in [0.25, 0.3) is 0 Å². The molecule has 4 nitrogen and oxygen atoms in total. The zero-order chi connectivity index (χ0) is 20.4. The van der Waals surface area contributed by atoms with Crippen molar-refractivity contribution in [3.05, 3.63) is 64.3 Å². The number of aryl methyl sites for hydroxylation is 1. The maximum absolute atomic E-state index is 11.4. The second-order valence-corrected chi connectivity index (χ2v) is 6.21. The lowest BCUT2D eigenvalue weighted by molar-refractivity contribution is -0.137. The van der Waals surface area contributed by atoms with Gasteiger partial charge in [-0.05, 0) is 57.4 Å². The summed E-state index contributed by atoms with van der Waals surface area (Å²) < 4.78 is 15.8. The first-order valence-corrected chi connectivity index (χ1v) is 8.94.